The molecular formula is C18H29ClN2. The number of hydrogen-bond donors (Lipinski definition) is 1. The SMILES string of the molecule is CCNC(C)c1ccc(N2CC(C)CC(C)C2C)c(Cl)c1. The number of halogens is 1. The molecule has 1 aromatic rings. The highest BCUT2D eigenvalue weighted by atomic mass is 35.5. The molecule has 0 spiro atoms. The Morgan fingerprint density at radius 1 is 1.33 bits per heavy atom. The van der Waals surface area contributed by atoms with E-state index in [1.54, 1.807) is 0 Å². The number of anilines is 1. The molecule has 0 aromatic heterocycles. The van der Waals surface area contributed by atoms with Crippen molar-refractivity contribution in [3.8, 4) is 0 Å². The molecule has 4 atom stereocenters. The van der Waals surface area contributed by atoms with Crippen LogP contribution in [-0.4, -0.2) is 19.1 Å². The monoisotopic (exact) mass is 308 g/mol. The van der Waals surface area contributed by atoms with E-state index in [1.807, 2.05) is 0 Å². The number of benzene rings is 1. The molecule has 0 radical (unpaired) electrons. The van der Waals surface area contributed by atoms with Gasteiger partial charge >= 0.3 is 0 Å². The van der Waals surface area contributed by atoms with Gasteiger partial charge in [-0.15, -0.1) is 0 Å². The standard InChI is InChI=1S/C18H29ClN2/c1-6-20-14(4)16-7-8-18(17(19)10-16)21-11-12(2)9-13(3)15(21)5/h7-8,10,12-15,20H,6,9,11H2,1-5H3. The van der Waals surface area contributed by atoms with E-state index >= 15 is 0 Å². The van der Waals surface area contributed by atoms with Gasteiger partial charge in [0.2, 0.25) is 0 Å². The van der Waals surface area contributed by atoms with Gasteiger partial charge in [0.15, 0.2) is 0 Å². The van der Waals surface area contributed by atoms with Crippen LogP contribution in [0.4, 0.5) is 5.69 Å². The molecule has 0 bridgehead atoms. The highest BCUT2D eigenvalue weighted by Gasteiger charge is 2.29. The van der Waals surface area contributed by atoms with Gasteiger partial charge in [-0.1, -0.05) is 38.4 Å². The van der Waals surface area contributed by atoms with Gasteiger partial charge in [0.05, 0.1) is 10.7 Å². The number of nitrogens with one attached hydrogen (secondary N) is 1. The van der Waals surface area contributed by atoms with Crippen molar-refractivity contribution in [2.75, 3.05) is 18.0 Å². The fourth-order valence-electron chi connectivity index (χ4n) is 3.48. The Kier molecular flexibility index (Phi) is 5.56. The smallest absolute Gasteiger partial charge is 0.0642 e. The van der Waals surface area contributed by atoms with Gasteiger partial charge in [0.1, 0.15) is 0 Å². The van der Waals surface area contributed by atoms with E-state index in [1.165, 1.54) is 17.7 Å². The van der Waals surface area contributed by atoms with Gasteiger partial charge in [-0.3, -0.25) is 0 Å². The summed E-state index contributed by atoms with van der Waals surface area (Å²) in [6.45, 7) is 13.4. The summed E-state index contributed by atoms with van der Waals surface area (Å²) in [5.74, 6) is 1.44. The minimum atomic E-state index is 0.346. The van der Waals surface area contributed by atoms with Crippen molar-refractivity contribution in [1.82, 2.24) is 5.32 Å². The second kappa shape index (κ2) is 7.02. The van der Waals surface area contributed by atoms with Crippen LogP contribution in [0.3, 0.4) is 0 Å². The molecule has 0 aliphatic carbocycles. The van der Waals surface area contributed by atoms with Crippen molar-refractivity contribution in [1.29, 1.82) is 0 Å². The zero-order chi connectivity index (χ0) is 15.6. The third kappa shape index (κ3) is 3.73. The van der Waals surface area contributed by atoms with E-state index in [9.17, 15) is 0 Å². The number of nitrogens with zero attached hydrogens (tertiary/aromatic N) is 1. The van der Waals surface area contributed by atoms with Crippen LogP contribution in [-0.2, 0) is 0 Å². The summed E-state index contributed by atoms with van der Waals surface area (Å²) in [4.78, 5) is 2.49. The van der Waals surface area contributed by atoms with Gasteiger partial charge in [-0.25, -0.2) is 0 Å². The second-order valence-corrected chi connectivity index (χ2v) is 7.11. The lowest BCUT2D eigenvalue weighted by molar-refractivity contribution is 0.297. The summed E-state index contributed by atoms with van der Waals surface area (Å²) in [6, 6.07) is 7.44. The highest BCUT2D eigenvalue weighted by molar-refractivity contribution is 6.33. The Morgan fingerprint density at radius 3 is 2.67 bits per heavy atom. The van der Waals surface area contributed by atoms with Crippen molar-refractivity contribution >= 4 is 17.3 Å². The predicted molar refractivity (Wildman–Crippen MR) is 93.3 cm³/mol. The maximum absolute atomic E-state index is 6.60. The first-order valence-corrected chi connectivity index (χ1v) is 8.61. The molecule has 0 amide bonds. The first-order valence-electron chi connectivity index (χ1n) is 8.23. The van der Waals surface area contributed by atoms with Crippen LogP contribution in [0.15, 0.2) is 18.2 Å². The quantitative estimate of drug-likeness (QED) is 0.852. The minimum Gasteiger partial charge on any atom is -0.367 e. The van der Waals surface area contributed by atoms with Crippen molar-refractivity contribution in [2.45, 2.75) is 53.1 Å². The summed E-state index contributed by atoms with van der Waals surface area (Å²) < 4.78 is 0. The molecule has 2 nitrogen and oxygen atoms in total. The Labute approximate surface area is 134 Å². The first kappa shape index (κ1) is 16.6. The third-order valence-corrected chi connectivity index (χ3v) is 5.19. The van der Waals surface area contributed by atoms with Crippen LogP contribution in [0.2, 0.25) is 5.02 Å². The largest absolute Gasteiger partial charge is 0.367 e. The van der Waals surface area contributed by atoms with Crippen LogP contribution in [0, 0.1) is 11.8 Å². The van der Waals surface area contributed by atoms with E-state index in [0.29, 0.717) is 18.0 Å². The lowest BCUT2D eigenvalue weighted by Gasteiger charge is -2.43. The van der Waals surface area contributed by atoms with E-state index in [2.05, 4.69) is 63.0 Å². The Hall–Kier alpha value is -0.730. The molecular weight excluding hydrogens is 280 g/mol. The van der Waals surface area contributed by atoms with Crippen LogP contribution in [0.5, 0.6) is 0 Å². The lowest BCUT2D eigenvalue weighted by Crippen LogP contribution is -2.46. The minimum absolute atomic E-state index is 0.346. The fraction of sp³-hybridized carbons (Fsp3) is 0.667. The molecule has 1 fully saturated rings. The summed E-state index contributed by atoms with van der Waals surface area (Å²) in [5.41, 5.74) is 2.45. The highest BCUT2D eigenvalue weighted by Crippen LogP contribution is 2.36. The molecule has 1 N–H and O–H groups in total. The molecule has 3 heteroatoms. The van der Waals surface area contributed by atoms with Crippen LogP contribution in [0.1, 0.15) is 52.6 Å². The average molecular weight is 309 g/mol. The van der Waals surface area contributed by atoms with Crippen molar-refractivity contribution < 1.29 is 0 Å². The Balaban J connectivity index is 2.24. The molecule has 0 saturated carbocycles. The summed E-state index contributed by atoms with van der Waals surface area (Å²) >= 11 is 6.60. The molecule has 1 saturated heterocycles. The molecule has 4 unspecified atom stereocenters. The molecule has 2 rings (SSSR count). The van der Waals surface area contributed by atoms with E-state index in [-0.39, 0.29) is 0 Å². The summed E-state index contributed by atoms with van der Waals surface area (Å²) in [6.07, 6.45) is 1.31. The Bertz CT molecular complexity index is 474. The van der Waals surface area contributed by atoms with Crippen LogP contribution >= 0.6 is 11.6 Å². The summed E-state index contributed by atoms with van der Waals surface area (Å²) in [7, 11) is 0. The van der Waals surface area contributed by atoms with Gasteiger partial charge < -0.3 is 10.2 Å². The fourth-order valence-corrected chi connectivity index (χ4v) is 3.78. The van der Waals surface area contributed by atoms with Crippen molar-refractivity contribution in [3.05, 3.63) is 28.8 Å². The van der Waals surface area contributed by atoms with E-state index in [0.717, 1.165) is 24.0 Å². The lowest BCUT2D eigenvalue weighted by atomic mass is 9.85. The van der Waals surface area contributed by atoms with Gasteiger partial charge in [0, 0.05) is 18.6 Å². The third-order valence-electron chi connectivity index (χ3n) is 4.89. The number of rotatable bonds is 4. The summed E-state index contributed by atoms with van der Waals surface area (Å²) in [5, 5.41) is 4.32. The van der Waals surface area contributed by atoms with Gasteiger partial charge in [-0.2, -0.15) is 0 Å². The maximum Gasteiger partial charge on any atom is 0.0642 e. The second-order valence-electron chi connectivity index (χ2n) is 6.70. The molecule has 1 aliphatic rings. The van der Waals surface area contributed by atoms with Crippen LogP contribution < -0.4 is 10.2 Å². The predicted octanol–water partition coefficient (Wildman–Crippen LogP) is 4.88. The number of piperidine rings is 1. The van der Waals surface area contributed by atoms with Gasteiger partial charge in [-0.05, 0) is 56.3 Å². The zero-order valence-electron chi connectivity index (χ0n) is 14.0. The van der Waals surface area contributed by atoms with E-state index < -0.39 is 0 Å². The zero-order valence-corrected chi connectivity index (χ0v) is 14.7. The van der Waals surface area contributed by atoms with Crippen LogP contribution in [0.25, 0.3) is 0 Å². The topological polar surface area (TPSA) is 15.3 Å². The van der Waals surface area contributed by atoms with Crippen molar-refractivity contribution in [3.63, 3.8) is 0 Å². The normalized spacial score (nSPS) is 27.7. The molecule has 1 aliphatic heterocycles. The first-order chi connectivity index (χ1) is 9.93. The van der Waals surface area contributed by atoms with E-state index in [4.69, 9.17) is 11.6 Å². The molecule has 118 valence electrons. The average Bonchev–Trinajstić information content (AvgIpc) is 2.43. The number of hydrogen-bond acceptors (Lipinski definition) is 2. The Morgan fingerprint density at radius 2 is 2.05 bits per heavy atom. The van der Waals surface area contributed by atoms with Crippen molar-refractivity contribution in [2.24, 2.45) is 11.8 Å². The molecule has 1 heterocycles. The molecule has 1 aromatic carbocycles. The molecule has 21 heavy (non-hydrogen) atoms. The van der Waals surface area contributed by atoms with Gasteiger partial charge in [0.25, 0.3) is 0 Å². The maximum atomic E-state index is 6.60.